The second-order valence-electron chi connectivity index (χ2n) is 5.34. The van der Waals surface area contributed by atoms with Gasteiger partial charge in [-0.1, -0.05) is 29.8 Å². The number of aryl methyl sites for hydroxylation is 1. The van der Waals surface area contributed by atoms with E-state index >= 15 is 0 Å². The molecule has 1 aromatic carbocycles. The van der Waals surface area contributed by atoms with Crippen LogP contribution in [-0.2, 0) is 17.1 Å². The van der Waals surface area contributed by atoms with Gasteiger partial charge < -0.3 is 8.98 Å². The first kappa shape index (κ1) is 16.0. The molecule has 0 aliphatic carbocycles. The lowest BCUT2D eigenvalue weighted by atomic mass is 10.2. The molecule has 6 nitrogen and oxygen atoms in total. The molecule has 0 aliphatic heterocycles. The van der Waals surface area contributed by atoms with Gasteiger partial charge in [0.05, 0.1) is 12.4 Å². The van der Waals surface area contributed by atoms with Gasteiger partial charge in [0, 0.05) is 19.5 Å². The molecule has 0 saturated heterocycles. The fourth-order valence-corrected chi connectivity index (χ4v) is 4.01. The number of imidazole rings is 1. The van der Waals surface area contributed by atoms with Crippen LogP contribution in [0.1, 0.15) is 18.7 Å². The van der Waals surface area contributed by atoms with Crippen LogP contribution in [0, 0.1) is 0 Å². The van der Waals surface area contributed by atoms with Gasteiger partial charge in [-0.15, -0.1) is 0 Å². The van der Waals surface area contributed by atoms with Crippen LogP contribution in [0.4, 0.5) is 0 Å². The second kappa shape index (κ2) is 5.67. The van der Waals surface area contributed by atoms with Crippen molar-refractivity contribution in [1.29, 1.82) is 0 Å². The Morgan fingerprint density at radius 3 is 2.65 bits per heavy atom. The zero-order valence-electron chi connectivity index (χ0n) is 12.9. The third-order valence-corrected chi connectivity index (χ3v) is 6.28. The zero-order chi connectivity index (χ0) is 16.8. The number of halogens is 1. The Balaban J connectivity index is 1.98. The van der Waals surface area contributed by atoms with E-state index in [0.29, 0.717) is 5.76 Å². The number of nitrogens with zero attached hydrogens (tertiary/aromatic N) is 3. The predicted octanol–water partition coefficient (Wildman–Crippen LogP) is 3.20. The van der Waals surface area contributed by atoms with Gasteiger partial charge in [-0.3, -0.25) is 0 Å². The first-order valence-corrected chi connectivity index (χ1v) is 8.77. The first-order valence-electron chi connectivity index (χ1n) is 6.95. The highest BCUT2D eigenvalue weighted by Crippen LogP contribution is 2.31. The van der Waals surface area contributed by atoms with Crippen molar-refractivity contribution >= 4 is 32.6 Å². The zero-order valence-corrected chi connectivity index (χ0v) is 14.5. The van der Waals surface area contributed by atoms with Gasteiger partial charge in [0.25, 0.3) is 10.0 Å². The minimum atomic E-state index is -3.82. The van der Waals surface area contributed by atoms with E-state index in [9.17, 15) is 8.42 Å². The molecule has 0 saturated carbocycles. The Morgan fingerprint density at radius 2 is 2.04 bits per heavy atom. The standard InChI is InChI=1S/C15H16ClN3O3S/c1-10(13-8-11-6-4-5-7-12(11)22-13)19(3)23(20,21)15-14(16)18(2)9-17-15/h4-10H,1-3H3. The number of furan rings is 1. The SMILES string of the molecule is CC(c1cc2ccccc2o1)N(C)S(=O)(=O)c1ncn(C)c1Cl. The smallest absolute Gasteiger partial charge is 0.264 e. The normalized spacial score (nSPS) is 13.8. The number of hydrogen-bond acceptors (Lipinski definition) is 4. The van der Waals surface area contributed by atoms with Crippen LogP contribution in [0.5, 0.6) is 0 Å². The van der Waals surface area contributed by atoms with Gasteiger partial charge in [0.15, 0.2) is 0 Å². The van der Waals surface area contributed by atoms with Crippen LogP contribution in [0.2, 0.25) is 5.15 Å². The molecule has 122 valence electrons. The van der Waals surface area contributed by atoms with Crippen molar-refractivity contribution in [2.45, 2.75) is 18.0 Å². The Kier molecular flexibility index (Phi) is 3.95. The molecule has 2 aromatic heterocycles. The number of benzene rings is 1. The molecule has 2 heterocycles. The predicted molar refractivity (Wildman–Crippen MR) is 87.8 cm³/mol. The third-order valence-electron chi connectivity index (χ3n) is 3.86. The summed E-state index contributed by atoms with van der Waals surface area (Å²) in [5, 5.41) is 0.844. The van der Waals surface area contributed by atoms with Crippen molar-refractivity contribution in [3.63, 3.8) is 0 Å². The lowest BCUT2D eigenvalue weighted by molar-refractivity contribution is 0.347. The van der Waals surface area contributed by atoms with E-state index in [-0.39, 0.29) is 10.2 Å². The Hall–Kier alpha value is -1.83. The number of para-hydroxylation sites is 1. The summed E-state index contributed by atoms with van der Waals surface area (Å²) in [7, 11) is -0.704. The number of rotatable bonds is 4. The molecular weight excluding hydrogens is 338 g/mol. The number of hydrogen-bond donors (Lipinski definition) is 0. The van der Waals surface area contributed by atoms with E-state index < -0.39 is 16.1 Å². The Labute approximate surface area is 139 Å². The molecule has 0 aliphatic rings. The molecule has 3 aromatic rings. The fourth-order valence-electron chi connectivity index (χ4n) is 2.30. The van der Waals surface area contributed by atoms with Crippen LogP contribution < -0.4 is 0 Å². The lowest BCUT2D eigenvalue weighted by Gasteiger charge is -2.21. The topological polar surface area (TPSA) is 68.3 Å². The third kappa shape index (κ3) is 2.65. The summed E-state index contributed by atoms with van der Waals surface area (Å²) in [5.74, 6) is 0.560. The minimum absolute atomic E-state index is 0.0775. The van der Waals surface area contributed by atoms with Crippen LogP contribution in [0.15, 0.2) is 46.1 Å². The highest BCUT2D eigenvalue weighted by atomic mass is 35.5. The van der Waals surface area contributed by atoms with Crippen LogP contribution in [0.25, 0.3) is 11.0 Å². The summed E-state index contributed by atoms with van der Waals surface area (Å²) in [6.45, 7) is 1.76. The van der Waals surface area contributed by atoms with Crippen molar-refractivity contribution in [3.05, 3.63) is 47.6 Å². The van der Waals surface area contributed by atoms with E-state index in [1.807, 2.05) is 30.3 Å². The summed E-state index contributed by atoms with van der Waals surface area (Å²) < 4.78 is 33.9. The van der Waals surface area contributed by atoms with Crippen LogP contribution in [0.3, 0.4) is 0 Å². The molecule has 23 heavy (non-hydrogen) atoms. The van der Waals surface area contributed by atoms with E-state index in [2.05, 4.69) is 4.98 Å². The maximum atomic E-state index is 12.7. The Morgan fingerprint density at radius 1 is 1.35 bits per heavy atom. The van der Waals surface area contributed by atoms with Crippen LogP contribution >= 0.6 is 11.6 Å². The molecule has 0 bridgehead atoms. The van der Waals surface area contributed by atoms with Gasteiger partial charge in [-0.2, -0.15) is 4.31 Å². The average molecular weight is 354 g/mol. The number of sulfonamides is 1. The summed E-state index contributed by atoms with van der Waals surface area (Å²) in [4.78, 5) is 3.90. The molecule has 0 fully saturated rings. The van der Waals surface area contributed by atoms with Gasteiger partial charge >= 0.3 is 0 Å². The number of fused-ring (bicyclic) bond motifs is 1. The van der Waals surface area contributed by atoms with Gasteiger partial charge in [-0.25, -0.2) is 13.4 Å². The summed E-state index contributed by atoms with van der Waals surface area (Å²) in [6, 6.07) is 8.88. The molecule has 1 atom stereocenters. The van der Waals surface area contributed by atoms with Crippen LogP contribution in [-0.4, -0.2) is 29.3 Å². The maximum absolute atomic E-state index is 12.7. The van der Waals surface area contributed by atoms with E-state index in [0.717, 1.165) is 11.0 Å². The highest BCUT2D eigenvalue weighted by molar-refractivity contribution is 7.89. The molecule has 0 amide bonds. The number of aromatic nitrogens is 2. The molecule has 0 N–H and O–H groups in total. The molecule has 0 radical (unpaired) electrons. The summed E-state index contributed by atoms with van der Waals surface area (Å²) >= 11 is 6.02. The summed E-state index contributed by atoms with van der Waals surface area (Å²) in [6.07, 6.45) is 1.37. The molecule has 8 heteroatoms. The first-order chi connectivity index (χ1) is 10.8. The van der Waals surface area contributed by atoms with E-state index in [1.54, 1.807) is 14.0 Å². The largest absolute Gasteiger partial charge is 0.459 e. The second-order valence-corrected chi connectivity index (χ2v) is 7.61. The van der Waals surface area contributed by atoms with E-state index in [1.165, 1.54) is 22.2 Å². The lowest BCUT2D eigenvalue weighted by Crippen LogP contribution is -2.30. The van der Waals surface area contributed by atoms with Gasteiger partial charge in [-0.05, 0) is 19.1 Å². The fraction of sp³-hybridized carbons (Fsp3) is 0.267. The summed E-state index contributed by atoms with van der Waals surface area (Å²) in [5.41, 5.74) is 0.719. The molecular formula is C15H16ClN3O3S. The molecule has 3 rings (SSSR count). The quantitative estimate of drug-likeness (QED) is 0.722. The van der Waals surface area contributed by atoms with E-state index in [4.69, 9.17) is 16.0 Å². The highest BCUT2D eigenvalue weighted by Gasteiger charge is 2.32. The van der Waals surface area contributed by atoms with Crippen molar-refractivity contribution in [2.24, 2.45) is 7.05 Å². The molecule has 0 spiro atoms. The van der Waals surface area contributed by atoms with Crippen molar-refractivity contribution in [2.75, 3.05) is 7.05 Å². The van der Waals surface area contributed by atoms with Crippen molar-refractivity contribution in [3.8, 4) is 0 Å². The monoisotopic (exact) mass is 353 g/mol. The molecule has 1 unspecified atom stereocenters. The minimum Gasteiger partial charge on any atom is -0.459 e. The van der Waals surface area contributed by atoms with Gasteiger partial charge in [0.2, 0.25) is 5.03 Å². The van der Waals surface area contributed by atoms with Gasteiger partial charge in [0.1, 0.15) is 16.5 Å². The van der Waals surface area contributed by atoms with Crippen molar-refractivity contribution < 1.29 is 12.8 Å². The Bertz CT molecular complexity index is 928. The van der Waals surface area contributed by atoms with Crippen molar-refractivity contribution in [1.82, 2.24) is 13.9 Å². The maximum Gasteiger partial charge on any atom is 0.264 e. The average Bonchev–Trinajstić information content (AvgIpc) is 3.10.